The van der Waals surface area contributed by atoms with Gasteiger partial charge in [0.2, 0.25) is 5.91 Å². The third-order valence-corrected chi connectivity index (χ3v) is 6.87. The average Bonchev–Trinajstić information content (AvgIpc) is 3.51. The molecule has 1 unspecified atom stereocenters. The van der Waals surface area contributed by atoms with E-state index in [4.69, 9.17) is 4.52 Å². The summed E-state index contributed by atoms with van der Waals surface area (Å²) in [5.41, 5.74) is 5.68. The van der Waals surface area contributed by atoms with Crippen molar-refractivity contribution in [1.29, 1.82) is 0 Å². The second kappa shape index (κ2) is 9.50. The number of likely N-dealkylation sites (tertiary alicyclic amines) is 1. The van der Waals surface area contributed by atoms with E-state index in [-0.39, 0.29) is 12.5 Å². The lowest BCUT2D eigenvalue weighted by molar-refractivity contribution is -0.136. The second-order valence-corrected chi connectivity index (χ2v) is 9.18. The van der Waals surface area contributed by atoms with Gasteiger partial charge in [-0.05, 0) is 38.3 Å². The number of benzene rings is 1. The van der Waals surface area contributed by atoms with Crippen LogP contribution in [0.15, 0.2) is 40.4 Å². The summed E-state index contributed by atoms with van der Waals surface area (Å²) in [6, 6.07) is 9.31. The van der Waals surface area contributed by atoms with Crippen molar-refractivity contribution >= 4 is 17.2 Å². The maximum atomic E-state index is 13.1. The monoisotopic (exact) mass is 456 g/mol. The minimum atomic E-state index is -0.969. The van der Waals surface area contributed by atoms with Crippen LogP contribution >= 0.6 is 11.3 Å². The number of aromatic nitrogens is 2. The van der Waals surface area contributed by atoms with Crippen molar-refractivity contribution in [2.24, 2.45) is 0 Å². The molecule has 0 aliphatic carbocycles. The van der Waals surface area contributed by atoms with Gasteiger partial charge in [0.1, 0.15) is 12.0 Å². The van der Waals surface area contributed by atoms with E-state index >= 15 is 0 Å². The number of amides is 1. The van der Waals surface area contributed by atoms with E-state index < -0.39 is 24.3 Å². The van der Waals surface area contributed by atoms with E-state index in [1.165, 1.54) is 0 Å². The van der Waals surface area contributed by atoms with Crippen molar-refractivity contribution < 1.29 is 19.5 Å². The first-order valence-electron chi connectivity index (χ1n) is 10.7. The molecule has 3 aromatic rings. The predicted molar refractivity (Wildman–Crippen MR) is 121 cm³/mol. The van der Waals surface area contributed by atoms with Crippen LogP contribution in [0, 0.1) is 13.8 Å². The van der Waals surface area contributed by atoms with E-state index in [2.05, 4.69) is 15.5 Å². The fraction of sp³-hybridized carbons (Fsp3) is 0.435. The van der Waals surface area contributed by atoms with Gasteiger partial charge in [-0.25, -0.2) is 4.98 Å². The van der Waals surface area contributed by atoms with Gasteiger partial charge < -0.3 is 19.6 Å². The highest BCUT2D eigenvalue weighted by Gasteiger charge is 2.40. The van der Waals surface area contributed by atoms with Gasteiger partial charge in [0.15, 0.2) is 0 Å². The van der Waals surface area contributed by atoms with Gasteiger partial charge >= 0.3 is 0 Å². The highest BCUT2D eigenvalue weighted by molar-refractivity contribution is 7.13. The van der Waals surface area contributed by atoms with Crippen molar-refractivity contribution in [3.8, 4) is 10.4 Å². The first kappa shape index (κ1) is 22.6. The lowest BCUT2D eigenvalue weighted by Crippen LogP contribution is -2.49. The van der Waals surface area contributed by atoms with Gasteiger partial charge in [-0.2, -0.15) is 0 Å². The Morgan fingerprint density at radius 2 is 2.09 bits per heavy atom. The summed E-state index contributed by atoms with van der Waals surface area (Å²) in [5, 5.41) is 27.9. The van der Waals surface area contributed by atoms with Crippen molar-refractivity contribution in [2.45, 2.75) is 58.0 Å². The first-order chi connectivity index (χ1) is 15.3. The molecule has 1 saturated heterocycles. The quantitative estimate of drug-likeness (QED) is 0.469. The Balaban J connectivity index is 1.38. The van der Waals surface area contributed by atoms with Gasteiger partial charge in [-0.1, -0.05) is 29.4 Å². The molecule has 3 heterocycles. The van der Waals surface area contributed by atoms with E-state index in [1.807, 2.05) is 36.7 Å². The Labute approximate surface area is 190 Å². The number of carbonyl (C=O) groups excluding carboxylic acids is 1. The molecule has 170 valence electrons. The van der Waals surface area contributed by atoms with Gasteiger partial charge in [0, 0.05) is 19.2 Å². The molecular formula is C23H28N4O4S. The molecule has 4 atom stereocenters. The fourth-order valence-corrected chi connectivity index (χ4v) is 4.88. The van der Waals surface area contributed by atoms with E-state index in [9.17, 15) is 15.0 Å². The van der Waals surface area contributed by atoms with Gasteiger partial charge in [-0.3, -0.25) is 10.1 Å². The molecule has 32 heavy (non-hydrogen) atoms. The van der Waals surface area contributed by atoms with Crippen molar-refractivity contribution in [3.63, 3.8) is 0 Å². The normalized spacial score (nSPS) is 20.5. The van der Waals surface area contributed by atoms with Crippen molar-refractivity contribution in [1.82, 2.24) is 20.4 Å². The Hall–Kier alpha value is -2.59. The Bertz CT molecular complexity index is 1060. The molecule has 1 amide bonds. The van der Waals surface area contributed by atoms with Crippen LogP contribution in [0.4, 0.5) is 0 Å². The number of aliphatic hydroxyl groups excluding tert-OH is 2. The maximum absolute atomic E-state index is 13.1. The molecule has 0 saturated carbocycles. The molecule has 1 aliphatic heterocycles. The van der Waals surface area contributed by atoms with E-state index in [0.717, 1.165) is 21.7 Å². The largest absolute Gasteiger partial charge is 0.391 e. The fourth-order valence-electron chi connectivity index (χ4n) is 4.06. The average molecular weight is 457 g/mol. The number of hydrogen-bond acceptors (Lipinski definition) is 8. The number of aliphatic hydroxyl groups is 2. The molecule has 0 bridgehead atoms. The maximum Gasteiger partial charge on any atom is 0.233 e. The Kier molecular flexibility index (Phi) is 6.71. The molecular weight excluding hydrogens is 428 g/mol. The third kappa shape index (κ3) is 4.75. The molecule has 4 rings (SSSR count). The zero-order chi connectivity index (χ0) is 22.8. The summed E-state index contributed by atoms with van der Waals surface area (Å²) < 4.78 is 5.24. The molecule has 3 N–H and O–H groups in total. The molecule has 0 spiro atoms. The minimum absolute atomic E-state index is 0.183. The summed E-state index contributed by atoms with van der Waals surface area (Å²) in [7, 11) is 0. The van der Waals surface area contributed by atoms with E-state index in [1.54, 1.807) is 36.2 Å². The SMILES string of the molecule is Cc1cc([C@@H](C)C(=O)N2C[C@H](O)C[C@H]2C(O)NCc2ccc(-c3scnc3C)cc2)on1. The number of hydrogen-bond donors (Lipinski definition) is 3. The molecule has 1 aliphatic rings. The van der Waals surface area contributed by atoms with Crippen LogP contribution in [-0.4, -0.2) is 56.1 Å². The summed E-state index contributed by atoms with van der Waals surface area (Å²) in [5.74, 6) is -0.266. The summed E-state index contributed by atoms with van der Waals surface area (Å²) in [4.78, 5) is 20.0. The molecule has 9 heteroatoms. The zero-order valence-electron chi connectivity index (χ0n) is 18.4. The summed E-state index contributed by atoms with van der Waals surface area (Å²) >= 11 is 1.61. The number of nitrogens with one attached hydrogen (secondary N) is 1. The number of rotatable bonds is 7. The number of carbonyl (C=O) groups is 1. The number of β-amino-alcohol motifs (C(OH)–C–C–N with tert-alkyl or cyclic N) is 1. The highest BCUT2D eigenvalue weighted by atomic mass is 32.1. The van der Waals surface area contributed by atoms with E-state index in [0.29, 0.717) is 24.4 Å². The lowest BCUT2D eigenvalue weighted by Gasteiger charge is -2.30. The van der Waals surface area contributed by atoms with Crippen molar-refractivity contribution in [3.05, 3.63) is 58.6 Å². The predicted octanol–water partition coefficient (Wildman–Crippen LogP) is 2.59. The standard InChI is InChI=1S/C23H28N4O4S/c1-13-8-20(31-26-13)14(2)23(30)27-11-18(28)9-19(27)22(29)24-10-16-4-6-17(7-5-16)21-15(3)25-12-32-21/h4-8,12,14,18-19,22,24,28-29H,9-11H2,1-3H3/t14-,18-,19+,22?/m1/s1. The Morgan fingerprint density at radius 3 is 2.72 bits per heavy atom. The number of nitrogens with zero attached hydrogens (tertiary/aromatic N) is 3. The smallest absolute Gasteiger partial charge is 0.233 e. The second-order valence-electron chi connectivity index (χ2n) is 8.33. The van der Waals surface area contributed by atoms with Gasteiger partial charge in [0.25, 0.3) is 0 Å². The Morgan fingerprint density at radius 1 is 1.34 bits per heavy atom. The van der Waals surface area contributed by atoms with Crippen LogP contribution in [0.2, 0.25) is 0 Å². The van der Waals surface area contributed by atoms with Crippen LogP contribution in [0.3, 0.4) is 0 Å². The minimum Gasteiger partial charge on any atom is -0.391 e. The van der Waals surface area contributed by atoms with Crippen LogP contribution in [0.25, 0.3) is 10.4 Å². The molecule has 1 aromatic carbocycles. The highest BCUT2D eigenvalue weighted by Crippen LogP contribution is 2.28. The van der Waals surface area contributed by atoms with Crippen LogP contribution in [0.5, 0.6) is 0 Å². The van der Waals surface area contributed by atoms with Crippen molar-refractivity contribution in [2.75, 3.05) is 6.54 Å². The van der Waals surface area contributed by atoms with Gasteiger partial charge in [-0.15, -0.1) is 11.3 Å². The topological polar surface area (TPSA) is 112 Å². The number of thiazole rings is 1. The van der Waals surface area contributed by atoms with Gasteiger partial charge in [0.05, 0.1) is 39.8 Å². The zero-order valence-corrected chi connectivity index (χ0v) is 19.2. The summed E-state index contributed by atoms with van der Waals surface area (Å²) in [6.45, 7) is 6.16. The van der Waals surface area contributed by atoms with Crippen LogP contribution < -0.4 is 5.32 Å². The molecule has 8 nitrogen and oxygen atoms in total. The molecule has 2 aromatic heterocycles. The first-order valence-corrected chi connectivity index (χ1v) is 11.5. The van der Waals surface area contributed by atoms with Crippen LogP contribution in [0.1, 0.15) is 42.0 Å². The molecule has 0 radical (unpaired) electrons. The third-order valence-electron chi connectivity index (χ3n) is 5.89. The lowest BCUT2D eigenvalue weighted by atomic mass is 10.1. The number of aryl methyl sites for hydroxylation is 2. The molecule has 1 fully saturated rings. The van der Waals surface area contributed by atoms with Crippen LogP contribution in [-0.2, 0) is 11.3 Å². The summed E-state index contributed by atoms with van der Waals surface area (Å²) in [6.07, 6.45) is -1.33.